The Balaban J connectivity index is 1.33. The number of piperidine rings is 1. The van der Waals surface area contributed by atoms with Gasteiger partial charge in [-0.1, -0.05) is 23.7 Å². The number of halogens is 1. The van der Waals surface area contributed by atoms with Crippen molar-refractivity contribution in [2.45, 2.75) is 18.8 Å². The molecule has 3 aromatic rings. The fourth-order valence-corrected chi connectivity index (χ4v) is 3.74. The summed E-state index contributed by atoms with van der Waals surface area (Å²) in [6.45, 7) is 2.00. The van der Waals surface area contributed by atoms with Crippen LogP contribution in [0.5, 0.6) is 5.75 Å². The van der Waals surface area contributed by atoms with Crippen molar-refractivity contribution in [1.82, 2.24) is 9.88 Å². The van der Waals surface area contributed by atoms with Crippen LogP contribution in [0.4, 0.5) is 5.69 Å². The number of oxazole rings is 1. The van der Waals surface area contributed by atoms with Crippen LogP contribution in [0.25, 0.3) is 11.1 Å². The van der Waals surface area contributed by atoms with Crippen LogP contribution in [0.15, 0.2) is 46.9 Å². The fraction of sp³-hybridized carbons (Fsp3) is 0.333. The predicted molar refractivity (Wildman–Crippen MR) is 109 cm³/mol. The number of aromatic nitrogens is 1. The van der Waals surface area contributed by atoms with E-state index in [2.05, 4.69) is 15.2 Å². The monoisotopic (exact) mass is 399 g/mol. The lowest BCUT2D eigenvalue weighted by Gasteiger charge is -2.29. The quantitative estimate of drug-likeness (QED) is 0.692. The highest BCUT2D eigenvalue weighted by Crippen LogP contribution is 2.31. The smallest absolute Gasteiger partial charge is 0.238 e. The lowest BCUT2D eigenvalue weighted by Crippen LogP contribution is -2.38. The molecule has 2 aromatic carbocycles. The molecule has 2 heterocycles. The van der Waals surface area contributed by atoms with Crippen LogP contribution in [0.3, 0.4) is 0 Å². The lowest BCUT2D eigenvalue weighted by atomic mass is 9.97. The number of likely N-dealkylation sites (tertiary alicyclic amines) is 1. The molecule has 7 heteroatoms. The third-order valence-corrected chi connectivity index (χ3v) is 5.29. The first-order valence-corrected chi connectivity index (χ1v) is 9.71. The summed E-state index contributed by atoms with van der Waals surface area (Å²) in [5, 5.41) is 3.58. The van der Waals surface area contributed by atoms with Gasteiger partial charge in [0.2, 0.25) is 5.91 Å². The molecule has 0 spiro atoms. The van der Waals surface area contributed by atoms with Gasteiger partial charge in [-0.25, -0.2) is 4.98 Å². The topological polar surface area (TPSA) is 67.6 Å². The largest absolute Gasteiger partial charge is 0.495 e. The Hall–Kier alpha value is -2.57. The number of para-hydroxylation sites is 2. The van der Waals surface area contributed by atoms with Gasteiger partial charge in [0.15, 0.2) is 11.5 Å². The van der Waals surface area contributed by atoms with Crippen molar-refractivity contribution in [3.8, 4) is 5.75 Å². The number of methoxy groups -OCH3 is 1. The Morgan fingerprint density at radius 1 is 1.29 bits per heavy atom. The Kier molecular flexibility index (Phi) is 5.50. The van der Waals surface area contributed by atoms with Gasteiger partial charge < -0.3 is 14.5 Å². The lowest BCUT2D eigenvalue weighted by molar-refractivity contribution is -0.117. The molecule has 0 atom stereocenters. The van der Waals surface area contributed by atoms with Gasteiger partial charge in [-0.05, 0) is 56.3 Å². The molecular weight excluding hydrogens is 378 g/mol. The zero-order valence-electron chi connectivity index (χ0n) is 15.7. The summed E-state index contributed by atoms with van der Waals surface area (Å²) in [5.74, 6) is 1.64. The van der Waals surface area contributed by atoms with Crippen LogP contribution < -0.4 is 10.1 Å². The van der Waals surface area contributed by atoms with E-state index in [0.29, 0.717) is 23.0 Å². The Bertz CT molecular complexity index is 980. The van der Waals surface area contributed by atoms with Crippen LogP contribution in [0.1, 0.15) is 24.7 Å². The summed E-state index contributed by atoms with van der Waals surface area (Å²) in [7, 11) is 1.59. The summed E-state index contributed by atoms with van der Waals surface area (Å²) in [6, 6.07) is 12.9. The van der Waals surface area contributed by atoms with Crippen LogP contribution in [0, 0.1) is 0 Å². The van der Waals surface area contributed by atoms with Gasteiger partial charge >= 0.3 is 0 Å². The van der Waals surface area contributed by atoms with E-state index in [1.165, 1.54) is 0 Å². The number of rotatable bonds is 5. The summed E-state index contributed by atoms with van der Waals surface area (Å²) in [6.07, 6.45) is 1.81. The number of hydrogen-bond acceptors (Lipinski definition) is 5. The highest BCUT2D eigenvalue weighted by atomic mass is 35.5. The molecule has 0 aliphatic carbocycles. The number of carbonyl (C=O) groups is 1. The molecule has 1 amide bonds. The number of nitrogens with one attached hydrogen (secondary N) is 1. The fourth-order valence-electron chi connectivity index (χ4n) is 3.57. The van der Waals surface area contributed by atoms with E-state index in [1.807, 2.05) is 42.5 Å². The first-order chi connectivity index (χ1) is 13.6. The van der Waals surface area contributed by atoms with E-state index in [4.69, 9.17) is 20.8 Å². The number of anilines is 1. The summed E-state index contributed by atoms with van der Waals surface area (Å²) in [4.78, 5) is 19.1. The zero-order chi connectivity index (χ0) is 19.5. The number of benzene rings is 2. The average molecular weight is 400 g/mol. The van der Waals surface area contributed by atoms with E-state index in [0.717, 1.165) is 42.9 Å². The molecule has 1 aliphatic heterocycles. The summed E-state index contributed by atoms with van der Waals surface area (Å²) >= 11 is 6.02. The molecule has 0 unspecified atom stereocenters. The first kappa shape index (κ1) is 18.8. The molecule has 0 radical (unpaired) electrons. The van der Waals surface area contributed by atoms with Crippen molar-refractivity contribution in [1.29, 1.82) is 0 Å². The Labute approximate surface area is 168 Å². The van der Waals surface area contributed by atoms with Gasteiger partial charge in [0, 0.05) is 10.9 Å². The van der Waals surface area contributed by atoms with Gasteiger partial charge in [-0.3, -0.25) is 9.69 Å². The number of hydrogen-bond donors (Lipinski definition) is 1. The van der Waals surface area contributed by atoms with Crippen LogP contribution in [-0.2, 0) is 4.79 Å². The van der Waals surface area contributed by atoms with Crippen molar-refractivity contribution in [3.05, 3.63) is 53.4 Å². The van der Waals surface area contributed by atoms with Crippen molar-refractivity contribution >= 4 is 34.3 Å². The van der Waals surface area contributed by atoms with E-state index in [1.54, 1.807) is 7.11 Å². The predicted octanol–water partition coefficient (Wildman–Crippen LogP) is 4.31. The van der Waals surface area contributed by atoms with Gasteiger partial charge in [0.1, 0.15) is 11.3 Å². The second-order valence-electron chi connectivity index (χ2n) is 6.96. The Morgan fingerprint density at radius 2 is 2.07 bits per heavy atom. The van der Waals surface area contributed by atoms with Gasteiger partial charge in [0.05, 0.1) is 19.3 Å². The van der Waals surface area contributed by atoms with Crippen molar-refractivity contribution in [2.75, 3.05) is 32.1 Å². The van der Waals surface area contributed by atoms with Crippen molar-refractivity contribution in [3.63, 3.8) is 0 Å². The van der Waals surface area contributed by atoms with Gasteiger partial charge in [0.25, 0.3) is 0 Å². The molecule has 1 N–H and O–H groups in total. The maximum absolute atomic E-state index is 12.4. The number of fused-ring (bicyclic) bond motifs is 1. The molecular formula is C21H22ClN3O3. The van der Waals surface area contributed by atoms with E-state index < -0.39 is 0 Å². The minimum absolute atomic E-state index is 0.0422. The number of amides is 1. The number of carbonyl (C=O) groups excluding carboxylic acids is 1. The molecule has 146 valence electrons. The van der Waals surface area contributed by atoms with Gasteiger partial charge in [-0.15, -0.1) is 0 Å². The molecule has 1 saturated heterocycles. The third-order valence-electron chi connectivity index (χ3n) is 5.05. The SMILES string of the molecule is COc1ccccc1NC(=O)CN1CCC(c2nc3cc(Cl)ccc3o2)CC1. The maximum Gasteiger partial charge on any atom is 0.238 e. The standard InChI is InChI=1S/C21H22ClN3O3/c1-27-18-5-3-2-4-16(18)23-20(26)13-25-10-8-14(9-11-25)21-24-17-12-15(22)6-7-19(17)28-21/h2-7,12,14H,8-11,13H2,1H3,(H,23,26). The first-order valence-electron chi connectivity index (χ1n) is 9.33. The second-order valence-corrected chi connectivity index (χ2v) is 7.40. The minimum atomic E-state index is -0.0422. The highest BCUT2D eigenvalue weighted by Gasteiger charge is 2.26. The van der Waals surface area contributed by atoms with Crippen molar-refractivity contribution in [2.24, 2.45) is 0 Å². The molecule has 6 nitrogen and oxygen atoms in total. The molecule has 0 saturated carbocycles. The average Bonchev–Trinajstić information content (AvgIpc) is 3.12. The number of nitrogens with zero attached hydrogens (tertiary/aromatic N) is 2. The van der Waals surface area contributed by atoms with Crippen LogP contribution >= 0.6 is 11.6 Å². The molecule has 0 bridgehead atoms. The summed E-state index contributed by atoms with van der Waals surface area (Å²) in [5.41, 5.74) is 2.24. The molecule has 1 aromatic heterocycles. The van der Waals surface area contributed by atoms with Crippen LogP contribution in [-0.4, -0.2) is 42.5 Å². The summed E-state index contributed by atoms with van der Waals surface area (Å²) < 4.78 is 11.2. The highest BCUT2D eigenvalue weighted by molar-refractivity contribution is 6.31. The maximum atomic E-state index is 12.4. The zero-order valence-corrected chi connectivity index (χ0v) is 16.4. The molecule has 1 aliphatic rings. The van der Waals surface area contributed by atoms with Crippen LogP contribution in [0.2, 0.25) is 5.02 Å². The molecule has 1 fully saturated rings. The molecule has 28 heavy (non-hydrogen) atoms. The normalized spacial score (nSPS) is 15.6. The van der Waals surface area contributed by atoms with E-state index in [9.17, 15) is 4.79 Å². The molecule has 4 rings (SSSR count). The van der Waals surface area contributed by atoms with E-state index in [-0.39, 0.29) is 11.8 Å². The van der Waals surface area contributed by atoms with Gasteiger partial charge in [-0.2, -0.15) is 0 Å². The second kappa shape index (κ2) is 8.20. The minimum Gasteiger partial charge on any atom is -0.495 e. The van der Waals surface area contributed by atoms with E-state index >= 15 is 0 Å². The third kappa shape index (κ3) is 4.13. The van der Waals surface area contributed by atoms with Crippen molar-refractivity contribution < 1.29 is 13.9 Å². The Morgan fingerprint density at radius 3 is 2.86 bits per heavy atom. The number of ether oxygens (including phenoxy) is 1.